The molecule has 128 valence electrons. The number of esters is 1. The number of allylic oxidation sites excluding steroid dienone is 1. The predicted molar refractivity (Wildman–Crippen MR) is 93.7 cm³/mol. The fourth-order valence-corrected chi connectivity index (χ4v) is 3.24. The maximum absolute atomic E-state index is 12.5. The van der Waals surface area contributed by atoms with E-state index in [4.69, 9.17) is 11.6 Å². The van der Waals surface area contributed by atoms with Crippen LogP contribution >= 0.6 is 11.6 Å². The molecule has 8 heteroatoms. The summed E-state index contributed by atoms with van der Waals surface area (Å²) in [6.45, 7) is 0. The topological polar surface area (TPSA) is 96.3 Å². The third kappa shape index (κ3) is 4.18. The van der Waals surface area contributed by atoms with Gasteiger partial charge in [-0.05, 0) is 30.3 Å². The second-order valence-electron chi connectivity index (χ2n) is 4.76. The molecule has 0 fully saturated rings. The summed E-state index contributed by atoms with van der Waals surface area (Å²) in [5.41, 5.74) is 0.368. The predicted octanol–water partition coefficient (Wildman–Crippen LogP) is 3.38. The Labute approximate surface area is 150 Å². The molecule has 1 N–H and O–H groups in total. The Kier molecular flexibility index (Phi) is 5.80. The molecular formula is C17H13ClN2O4S. The molecule has 0 saturated carbocycles. The first kappa shape index (κ1) is 18.5. The van der Waals surface area contributed by atoms with Gasteiger partial charge >= 0.3 is 5.97 Å². The van der Waals surface area contributed by atoms with Gasteiger partial charge in [-0.2, -0.15) is 5.26 Å². The number of hydrogen-bond acceptors (Lipinski definition) is 6. The van der Waals surface area contributed by atoms with E-state index in [1.165, 1.54) is 37.4 Å². The van der Waals surface area contributed by atoms with E-state index in [1.807, 2.05) is 0 Å². The Balaban J connectivity index is 2.42. The number of sulfone groups is 1. The Bertz CT molecular complexity index is 964. The molecule has 0 amide bonds. The molecule has 25 heavy (non-hydrogen) atoms. The van der Waals surface area contributed by atoms with Gasteiger partial charge in [-0.15, -0.1) is 0 Å². The van der Waals surface area contributed by atoms with Gasteiger partial charge in [0.2, 0.25) is 9.84 Å². The lowest BCUT2D eigenvalue weighted by molar-refractivity contribution is 0.0602. The first-order chi connectivity index (χ1) is 11.9. The maximum Gasteiger partial charge on any atom is 0.339 e. The zero-order valence-electron chi connectivity index (χ0n) is 13.1. The number of rotatable bonds is 5. The molecule has 0 bridgehead atoms. The molecular weight excluding hydrogens is 364 g/mol. The molecule has 0 spiro atoms. The first-order valence-electron chi connectivity index (χ1n) is 6.95. The Morgan fingerprint density at radius 3 is 2.52 bits per heavy atom. The quantitative estimate of drug-likeness (QED) is 0.634. The van der Waals surface area contributed by atoms with Gasteiger partial charge in [0.25, 0.3) is 0 Å². The van der Waals surface area contributed by atoms with Crippen molar-refractivity contribution < 1.29 is 17.9 Å². The zero-order chi connectivity index (χ0) is 18.4. The average molecular weight is 377 g/mol. The molecule has 2 aromatic carbocycles. The molecule has 0 aliphatic rings. The van der Waals surface area contributed by atoms with E-state index < -0.39 is 20.7 Å². The van der Waals surface area contributed by atoms with E-state index in [0.717, 1.165) is 6.20 Å². The molecule has 0 radical (unpaired) electrons. The summed E-state index contributed by atoms with van der Waals surface area (Å²) >= 11 is 5.90. The van der Waals surface area contributed by atoms with Crippen LogP contribution in [-0.4, -0.2) is 21.5 Å². The maximum atomic E-state index is 12.5. The summed E-state index contributed by atoms with van der Waals surface area (Å²) in [6, 6.07) is 13.6. The van der Waals surface area contributed by atoms with E-state index in [0.29, 0.717) is 5.02 Å². The van der Waals surface area contributed by atoms with Gasteiger partial charge in [-0.25, -0.2) is 13.2 Å². The Hall–Kier alpha value is -2.82. The minimum atomic E-state index is -3.98. The third-order valence-electron chi connectivity index (χ3n) is 3.20. The van der Waals surface area contributed by atoms with Gasteiger partial charge < -0.3 is 10.1 Å². The minimum absolute atomic E-state index is 0.0103. The molecule has 0 aromatic heterocycles. The Morgan fingerprint density at radius 2 is 1.92 bits per heavy atom. The van der Waals surface area contributed by atoms with Crippen molar-refractivity contribution in [2.45, 2.75) is 4.90 Å². The van der Waals surface area contributed by atoms with Crippen molar-refractivity contribution in [3.63, 3.8) is 0 Å². The van der Waals surface area contributed by atoms with Crippen molar-refractivity contribution in [2.75, 3.05) is 12.4 Å². The highest BCUT2D eigenvalue weighted by Gasteiger charge is 2.21. The van der Waals surface area contributed by atoms with Crippen LogP contribution < -0.4 is 5.32 Å². The smallest absolute Gasteiger partial charge is 0.339 e. The summed E-state index contributed by atoms with van der Waals surface area (Å²) in [6.07, 6.45) is 1.01. The van der Waals surface area contributed by atoms with Crippen LogP contribution in [0.3, 0.4) is 0 Å². The van der Waals surface area contributed by atoms with Gasteiger partial charge in [0.15, 0.2) is 4.91 Å². The first-order valence-corrected chi connectivity index (χ1v) is 8.81. The molecule has 0 aliphatic carbocycles. The lowest BCUT2D eigenvalue weighted by Crippen LogP contribution is -2.08. The van der Waals surface area contributed by atoms with Crippen molar-refractivity contribution >= 4 is 33.1 Å². The minimum Gasteiger partial charge on any atom is -0.465 e. The number of methoxy groups -OCH3 is 1. The highest BCUT2D eigenvalue weighted by atomic mass is 35.5. The largest absolute Gasteiger partial charge is 0.465 e. The second kappa shape index (κ2) is 7.83. The van der Waals surface area contributed by atoms with Crippen LogP contribution in [0, 0.1) is 11.3 Å². The SMILES string of the molecule is COC(=O)c1ccc(Cl)cc1NC=C(C#N)S(=O)(=O)c1ccccc1. The standard InChI is InChI=1S/C17H13ClN2O4S/c1-24-17(21)15-8-7-12(18)9-16(15)20-11-14(10-19)25(22,23)13-5-3-2-4-6-13/h2-9,11,20H,1H3. The zero-order valence-corrected chi connectivity index (χ0v) is 14.6. The number of halogens is 1. The van der Waals surface area contributed by atoms with Crippen LogP contribution in [0.5, 0.6) is 0 Å². The third-order valence-corrected chi connectivity index (χ3v) is 5.11. The van der Waals surface area contributed by atoms with Crippen LogP contribution in [0.15, 0.2) is 64.5 Å². The number of carbonyl (C=O) groups is 1. The highest BCUT2D eigenvalue weighted by Crippen LogP contribution is 2.24. The van der Waals surface area contributed by atoms with Gasteiger partial charge in [-0.1, -0.05) is 29.8 Å². The van der Waals surface area contributed by atoms with Crippen LogP contribution in [0.1, 0.15) is 10.4 Å². The van der Waals surface area contributed by atoms with Crippen molar-refractivity contribution in [2.24, 2.45) is 0 Å². The average Bonchev–Trinajstić information content (AvgIpc) is 2.62. The van der Waals surface area contributed by atoms with Gasteiger partial charge in [-0.3, -0.25) is 0 Å². The number of nitriles is 1. The summed E-state index contributed by atoms with van der Waals surface area (Å²) in [5.74, 6) is -0.628. The number of nitrogens with zero attached hydrogens (tertiary/aromatic N) is 1. The number of nitrogens with one attached hydrogen (secondary N) is 1. The molecule has 2 rings (SSSR count). The van der Waals surface area contributed by atoms with Gasteiger partial charge in [0.1, 0.15) is 6.07 Å². The van der Waals surface area contributed by atoms with Gasteiger partial charge in [0, 0.05) is 11.2 Å². The lowest BCUT2D eigenvalue weighted by Gasteiger charge is -2.09. The monoisotopic (exact) mass is 376 g/mol. The van der Waals surface area contributed by atoms with E-state index in [2.05, 4.69) is 10.1 Å². The number of ether oxygens (including phenoxy) is 1. The van der Waals surface area contributed by atoms with E-state index >= 15 is 0 Å². The summed E-state index contributed by atoms with van der Waals surface area (Å²) in [4.78, 5) is 11.3. The number of hydrogen-bond donors (Lipinski definition) is 1. The van der Waals surface area contributed by atoms with E-state index in [1.54, 1.807) is 24.3 Å². The molecule has 0 atom stereocenters. The molecule has 6 nitrogen and oxygen atoms in total. The summed E-state index contributed by atoms with van der Waals surface area (Å²) in [5, 5.41) is 12.2. The highest BCUT2D eigenvalue weighted by molar-refractivity contribution is 7.95. The number of anilines is 1. The van der Waals surface area contributed by atoms with Crippen molar-refractivity contribution in [1.29, 1.82) is 5.26 Å². The lowest BCUT2D eigenvalue weighted by atomic mass is 10.2. The van der Waals surface area contributed by atoms with Crippen molar-refractivity contribution in [3.8, 4) is 6.07 Å². The summed E-state index contributed by atoms with van der Waals surface area (Å²) in [7, 11) is -2.76. The second-order valence-corrected chi connectivity index (χ2v) is 7.12. The normalized spacial score (nSPS) is 11.5. The van der Waals surface area contributed by atoms with Crippen molar-refractivity contribution in [3.05, 3.63) is 70.2 Å². The fourth-order valence-electron chi connectivity index (χ4n) is 1.96. The van der Waals surface area contributed by atoms with Crippen LogP contribution in [-0.2, 0) is 14.6 Å². The molecule has 0 unspecified atom stereocenters. The molecule has 0 heterocycles. The van der Waals surface area contributed by atoms with Crippen LogP contribution in [0.25, 0.3) is 0 Å². The molecule has 0 aliphatic heterocycles. The fraction of sp³-hybridized carbons (Fsp3) is 0.0588. The summed E-state index contributed by atoms with van der Waals surface area (Å²) < 4.78 is 29.6. The Morgan fingerprint density at radius 1 is 1.24 bits per heavy atom. The van der Waals surface area contributed by atoms with Gasteiger partial charge in [0.05, 0.1) is 23.3 Å². The van der Waals surface area contributed by atoms with Crippen LogP contribution in [0.2, 0.25) is 5.02 Å². The number of carbonyl (C=O) groups excluding carboxylic acids is 1. The van der Waals surface area contributed by atoms with E-state index in [-0.39, 0.29) is 16.1 Å². The molecule has 2 aromatic rings. The molecule has 0 saturated heterocycles. The van der Waals surface area contributed by atoms with Crippen LogP contribution in [0.4, 0.5) is 5.69 Å². The van der Waals surface area contributed by atoms with E-state index in [9.17, 15) is 18.5 Å². The number of benzene rings is 2. The van der Waals surface area contributed by atoms with Crippen molar-refractivity contribution in [1.82, 2.24) is 0 Å².